The molecule has 0 aliphatic heterocycles. The standard InChI is InChI=1S/C8H11IOSi/c9-7-2-1-6(3-4-11)8(10)5-7/h1-2,5,10H,3-4H2,11H3. The second kappa shape index (κ2) is 4.11. The van der Waals surface area contributed by atoms with Crippen molar-refractivity contribution >= 4 is 32.8 Å². The maximum atomic E-state index is 9.43. The summed E-state index contributed by atoms with van der Waals surface area (Å²) in [5.74, 6) is 0.452. The summed E-state index contributed by atoms with van der Waals surface area (Å²) in [5.41, 5.74) is 1.08. The average Bonchev–Trinajstić information content (AvgIpc) is 1.95. The molecule has 1 nitrogen and oxygen atoms in total. The van der Waals surface area contributed by atoms with Crippen molar-refractivity contribution in [1.29, 1.82) is 0 Å². The second-order valence-corrected chi connectivity index (χ2v) is 4.77. The molecule has 0 radical (unpaired) electrons. The van der Waals surface area contributed by atoms with Crippen molar-refractivity contribution in [1.82, 2.24) is 0 Å². The van der Waals surface area contributed by atoms with Crippen molar-refractivity contribution in [3.05, 3.63) is 27.3 Å². The van der Waals surface area contributed by atoms with Crippen LogP contribution in [0, 0.1) is 3.57 Å². The summed E-state index contributed by atoms with van der Waals surface area (Å²) in [5, 5.41) is 9.43. The molecule has 1 N–H and O–H groups in total. The van der Waals surface area contributed by atoms with Crippen molar-refractivity contribution in [2.24, 2.45) is 0 Å². The predicted molar refractivity (Wildman–Crippen MR) is 59.3 cm³/mol. The third kappa shape index (κ3) is 2.48. The fourth-order valence-electron chi connectivity index (χ4n) is 1.02. The molecule has 1 rings (SSSR count). The molecule has 0 saturated heterocycles. The number of aryl methyl sites for hydroxylation is 1. The average molecular weight is 278 g/mol. The SMILES string of the molecule is Oc1cc(I)ccc1CC[SiH3]. The molecular formula is C8H11IOSi. The Morgan fingerprint density at radius 1 is 1.45 bits per heavy atom. The minimum atomic E-state index is 0.452. The van der Waals surface area contributed by atoms with Gasteiger partial charge in [-0.2, -0.15) is 0 Å². The van der Waals surface area contributed by atoms with E-state index in [4.69, 9.17) is 0 Å². The van der Waals surface area contributed by atoms with Gasteiger partial charge < -0.3 is 5.11 Å². The fourth-order valence-corrected chi connectivity index (χ4v) is 2.03. The molecule has 0 heterocycles. The predicted octanol–water partition coefficient (Wildman–Crippen LogP) is 1.32. The Kier molecular flexibility index (Phi) is 3.38. The molecule has 0 spiro atoms. The van der Waals surface area contributed by atoms with Crippen molar-refractivity contribution < 1.29 is 5.11 Å². The lowest BCUT2D eigenvalue weighted by Crippen LogP contribution is -1.85. The molecule has 0 atom stereocenters. The van der Waals surface area contributed by atoms with E-state index in [9.17, 15) is 5.11 Å². The van der Waals surface area contributed by atoms with Gasteiger partial charge in [0.2, 0.25) is 0 Å². The zero-order valence-corrected chi connectivity index (χ0v) is 10.6. The molecule has 0 saturated carbocycles. The van der Waals surface area contributed by atoms with Crippen LogP contribution in [0.5, 0.6) is 5.75 Å². The molecular weight excluding hydrogens is 267 g/mol. The summed E-state index contributed by atoms with van der Waals surface area (Å²) in [4.78, 5) is 0. The molecule has 3 heteroatoms. The molecule has 0 unspecified atom stereocenters. The van der Waals surface area contributed by atoms with Crippen LogP contribution in [0.3, 0.4) is 0 Å². The van der Waals surface area contributed by atoms with E-state index < -0.39 is 0 Å². The van der Waals surface area contributed by atoms with Crippen molar-refractivity contribution in [2.45, 2.75) is 12.5 Å². The lowest BCUT2D eigenvalue weighted by Gasteiger charge is -2.01. The Morgan fingerprint density at radius 2 is 2.18 bits per heavy atom. The zero-order valence-electron chi connectivity index (χ0n) is 6.47. The van der Waals surface area contributed by atoms with Gasteiger partial charge in [0.15, 0.2) is 0 Å². The summed E-state index contributed by atoms with van der Waals surface area (Å²) in [7, 11) is 1.21. The van der Waals surface area contributed by atoms with Gasteiger partial charge in [0.25, 0.3) is 0 Å². The second-order valence-electron chi connectivity index (χ2n) is 2.52. The van der Waals surface area contributed by atoms with Crippen LogP contribution in [0.15, 0.2) is 18.2 Å². The van der Waals surface area contributed by atoms with Gasteiger partial charge in [-0.05, 0) is 46.7 Å². The van der Waals surface area contributed by atoms with Crippen molar-refractivity contribution in [2.75, 3.05) is 0 Å². The third-order valence-electron chi connectivity index (χ3n) is 1.57. The molecule has 1 aromatic carbocycles. The summed E-state index contributed by atoms with van der Waals surface area (Å²) in [6.07, 6.45) is 1.02. The third-order valence-corrected chi connectivity index (χ3v) is 2.74. The van der Waals surface area contributed by atoms with E-state index in [2.05, 4.69) is 22.6 Å². The van der Waals surface area contributed by atoms with Gasteiger partial charge in [-0.3, -0.25) is 0 Å². The van der Waals surface area contributed by atoms with E-state index in [0.29, 0.717) is 5.75 Å². The number of hydrogen-bond acceptors (Lipinski definition) is 1. The van der Waals surface area contributed by atoms with Gasteiger partial charge in [-0.25, -0.2) is 0 Å². The number of hydrogen-bond donors (Lipinski definition) is 1. The first-order chi connectivity index (χ1) is 5.24. The lowest BCUT2D eigenvalue weighted by molar-refractivity contribution is 0.468. The number of benzene rings is 1. The van der Waals surface area contributed by atoms with Crippen LogP contribution in [0.25, 0.3) is 0 Å². The fraction of sp³-hybridized carbons (Fsp3) is 0.250. The highest BCUT2D eigenvalue weighted by atomic mass is 127. The highest BCUT2D eigenvalue weighted by Crippen LogP contribution is 2.20. The molecule has 0 aliphatic carbocycles. The Balaban J connectivity index is 2.90. The molecule has 11 heavy (non-hydrogen) atoms. The normalized spacial score (nSPS) is 10.3. The highest BCUT2D eigenvalue weighted by molar-refractivity contribution is 14.1. The minimum Gasteiger partial charge on any atom is -0.508 e. The Hall–Kier alpha value is -0.0331. The molecule has 0 aliphatic rings. The minimum absolute atomic E-state index is 0.452. The number of halogens is 1. The van der Waals surface area contributed by atoms with Crippen LogP contribution in [0.4, 0.5) is 0 Å². The topological polar surface area (TPSA) is 20.2 Å². The van der Waals surface area contributed by atoms with Gasteiger partial charge in [0.1, 0.15) is 5.75 Å². The summed E-state index contributed by atoms with van der Waals surface area (Å²) in [6, 6.07) is 7.07. The van der Waals surface area contributed by atoms with Crippen LogP contribution in [0.2, 0.25) is 6.04 Å². The van der Waals surface area contributed by atoms with E-state index in [0.717, 1.165) is 15.6 Å². The maximum absolute atomic E-state index is 9.43. The Morgan fingerprint density at radius 3 is 2.73 bits per heavy atom. The Bertz CT molecular complexity index is 250. The lowest BCUT2D eigenvalue weighted by atomic mass is 10.1. The smallest absolute Gasteiger partial charge is 0.119 e. The van der Waals surface area contributed by atoms with E-state index in [1.165, 1.54) is 16.3 Å². The number of phenolic OH excluding ortho intramolecular Hbond substituents is 1. The van der Waals surface area contributed by atoms with Crippen molar-refractivity contribution in [3.63, 3.8) is 0 Å². The van der Waals surface area contributed by atoms with Crippen LogP contribution in [-0.4, -0.2) is 15.3 Å². The van der Waals surface area contributed by atoms with Gasteiger partial charge in [-0.1, -0.05) is 12.1 Å². The van der Waals surface area contributed by atoms with E-state index in [-0.39, 0.29) is 0 Å². The zero-order chi connectivity index (χ0) is 8.27. The van der Waals surface area contributed by atoms with E-state index in [1.807, 2.05) is 18.2 Å². The Labute approximate surface area is 83.4 Å². The first-order valence-electron chi connectivity index (χ1n) is 3.71. The van der Waals surface area contributed by atoms with Crippen LogP contribution < -0.4 is 0 Å². The molecule has 1 aromatic rings. The van der Waals surface area contributed by atoms with Gasteiger partial charge in [0.05, 0.1) is 0 Å². The first-order valence-corrected chi connectivity index (χ1v) is 6.20. The highest BCUT2D eigenvalue weighted by Gasteiger charge is 1.98. The van der Waals surface area contributed by atoms with Gasteiger partial charge in [-0.15, -0.1) is 0 Å². The summed E-state index contributed by atoms with van der Waals surface area (Å²) >= 11 is 2.20. The van der Waals surface area contributed by atoms with Gasteiger partial charge >= 0.3 is 0 Å². The van der Waals surface area contributed by atoms with Gasteiger partial charge in [0, 0.05) is 13.8 Å². The molecule has 60 valence electrons. The van der Waals surface area contributed by atoms with E-state index in [1.54, 1.807) is 0 Å². The first kappa shape index (κ1) is 9.06. The van der Waals surface area contributed by atoms with Crippen LogP contribution >= 0.6 is 22.6 Å². The molecule has 0 fully saturated rings. The molecule has 0 aromatic heterocycles. The largest absolute Gasteiger partial charge is 0.508 e. The van der Waals surface area contributed by atoms with Crippen molar-refractivity contribution in [3.8, 4) is 5.75 Å². The molecule has 0 amide bonds. The summed E-state index contributed by atoms with van der Waals surface area (Å²) < 4.78 is 1.09. The number of phenols is 1. The number of rotatable bonds is 2. The monoisotopic (exact) mass is 278 g/mol. The van der Waals surface area contributed by atoms with Crippen LogP contribution in [-0.2, 0) is 6.42 Å². The maximum Gasteiger partial charge on any atom is 0.119 e. The summed E-state index contributed by atoms with van der Waals surface area (Å²) in [6.45, 7) is 0. The van der Waals surface area contributed by atoms with E-state index >= 15 is 0 Å². The quantitative estimate of drug-likeness (QED) is 0.639. The number of aromatic hydroxyl groups is 1. The molecule has 0 bridgehead atoms. The van der Waals surface area contributed by atoms with Crippen LogP contribution in [0.1, 0.15) is 5.56 Å².